The third-order valence-electron chi connectivity index (χ3n) is 6.38. The monoisotopic (exact) mass is 403 g/mol. The number of carbonyl (C=O) groups excluding carboxylic acids is 1. The van der Waals surface area contributed by atoms with Gasteiger partial charge in [0.2, 0.25) is 17.6 Å². The van der Waals surface area contributed by atoms with E-state index in [1.54, 1.807) is 0 Å². The van der Waals surface area contributed by atoms with Crippen LogP contribution in [-0.4, -0.2) is 16.0 Å². The molecule has 1 amide bonds. The molecule has 1 aromatic heterocycles. The lowest BCUT2D eigenvalue weighted by atomic mass is 9.78. The number of rotatable bonds is 6. The number of nitrogens with one attached hydrogen (secondary N) is 1. The van der Waals surface area contributed by atoms with Crippen molar-refractivity contribution >= 4 is 11.6 Å². The first-order valence-electron chi connectivity index (χ1n) is 10.6. The summed E-state index contributed by atoms with van der Waals surface area (Å²) in [6.07, 6.45) is 3.25. The Hall–Kier alpha value is -3.15. The fourth-order valence-electron chi connectivity index (χ4n) is 5.10. The maximum absolute atomic E-state index is 13.2. The van der Waals surface area contributed by atoms with E-state index in [2.05, 4.69) is 15.5 Å². The number of carbonyl (C=O) groups is 1. The number of fused-ring (bicyclic) bond motifs is 2. The summed E-state index contributed by atoms with van der Waals surface area (Å²) in [6.45, 7) is 2.27. The van der Waals surface area contributed by atoms with E-state index in [0.717, 1.165) is 36.3 Å². The van der Waals surface area contributed by atoms with Gasteiger partial charge in [0.25, 0.3) is 0 Å². The standard InChI is InChI=1S/C24H25N3O3/c1-15-6-5-7-18(12-15)25-23(28)21-16-10-11-17(13-16)22(21)24-26-20(27-30-24)14-29-19-8-3-2-4-9-19/h2-9,12,16-17,21-22H,10-11,13-14H2,1H3,(H,25,28)/t16-,17+,21-,22-/m0/s1. The lowest BCUT2D eigenvalue weighted by molar-refractivity contribution is -0.122. The minimum absolute atomic E-state index is 0.0217. The molecule has 0 unspecified atom stereocenters. The quantitative estimate of drug-likeness (QED) is 0.644. The second-order valence-corrected chi connectivity index (χ2v) is 8.39. The molecule has 0 radical (unpaired) electrons. The van der Waals surface area contributed by atoms with Crippen LogP contribution in [0, 0.1) is 24.7 Å². The molecule has 6 nitrogen and oxygen atoms in total. The van der Waals surface area contributed by atoms with Gasteiger partial charge in [-0.05, 0) is 67.9 Å². The van der Waals surface area contributed by atoms with Gasteiger partial charge in [0.05, 0.1) is 11.8 Å². The second kappa shape index (κ2) is 7.94. The fraction of sp³-hybridized carbons (Fsp3) is 0.375. The van der Waals surface area contributed by atoms with Crippen molar-refractivity contribution in [3.63, 3.8) is 0 Å². The smallest absolute Gasteiger partial charge is 0.230 e. The van der Waals surface area contributed by atoms with Crippen molar-refractivity contribution < 1.29 is 14.1 Å². The molecule has 2 fully saturated rings. The zero-order valence-corrected chi connectivity index (χ0v) is 17.0. The molecule has 2 aliphatic carbocycles. The van der Waals surface area contributed by atoms with Crippen molar-refractivity contribution in [1.29, 1.82) is 0 Å². The Labute approximate surface area is 175 Å². The summed E-state index contributed by atoms with van der Waals surface area (Å²) in [6, 6.07) is 17.5. The zero-order valence-electron chi connectivity index (χ0n) is 17.0. The van der Waals surface area contributed by atoms with E-state index in [-0.39, 0.29) is 24.3 Å². The summed E-state index contributed by atoms with van der Waals surface area (Å²) >= 11 is 0. The average molecular weight is 403 g/mol. The molecule has 1 heterocycles. The molecule has 2 bridgehead atoms. The predicted molar refractivity (Wildman–Crippen MR) is 112 cm³/mol. The SMILES string of the molecule is Cc1cccc(NC(=O)[C@H]2[C@H]3CC[C@H](C3)[C@@H]2c2nc(COc3ccccc3)no2)c1. The summed E-state index contributed by atoms with van der Waals surface area (Å²) in [7, 11) is 0. The van der Waals surface area contributed by atoms with Gasteiger partial charge in [-0.1, -0.05) is 35.5 Å². The van der Waals surface area contributed by atoms with Crippen LogP contribution < -0.4 is 10.1 Å². The van der Waals surface area contributed by atoms with Crippen molar-refractivity contribution in [2.75, 3.05) is 5.32 Å². The van der Waals surface area contributed by atoms with Gasteiger partial charge in [0.1, 0.15) is 5.75 Å². The van der Waals surface area contributed by atoms with Crippen LogP contribution in [0.3, 0.4) is 0 Å². The largest absolute Gasteiger partial charge is 0.485 e. The number of hydrogen-bond acceptors (Lipinski definition) is 5. The van der Waals surface area contributed by atoms with E-state index >= 15 is 0 Å². The summed E-state index contributed by atoms with van der Waals surface area (Å²) < 4.78 is 11.3. The van der Waals surface area contributed by atoms with Crippen LogP contribution in [0.5, 0.6) is 5.75 Å². The van der Waals surface area contributed by atoms with Crippen molar-refractivity contribution in [3.05, 3.63) is 71.9 Å². The molecule has 4 atom stereocenters. The number of hydrogen-bond donors (Lipinski definition) is 1. The van der Waals surface area contributed by atoms with Crippen molar-refractivity contribution in [2.45, 2.75) is 38.7 Å². The van der Waals surface area contributed by atoms with E-state index in [0.29, 0.717) is 23.6 Å². The van der Waals surface area contributed by atoms with Crippen molar-refractivity contribution in [2.24, 2.45) is 17.8 Å². The number of nitrogens with zero attached hydrogens (tertiary/aromatic N) is 2. The summed E-state index contributed by atoms with van der Waals surface area (Å²) in [4.78, 5) is 17.8. The summed E-state index contributed by atoms with van der Waals surface area (Å²) in [5.41, 5.74) is 1.96. The third kappa shape index (κ3) is 3.70. The van der Waals surface area contributed by atoms with E-state index in [1.807, 2.05) is 61.5 Å². The number of benzene rings is 2. The number of ether oxygens (including phenoxy) is 1. The van der Waals surface area contributed by atoms with E-state index in [1.165, 1.54) is 0 Å². The highest BCUT2D eigenvalue weighted by Gasteiger charge is 2.53. The zero-order chi connectivity index (χ0) is 20.5. The molecule has 5 rings (SSSR count). The summed E-state index contributed by atoms with van der Waals surface area (Å²) in [5.74, 6) is 2.54. The molecule has 154 valence electrons. The van der Waals surface area contributed by atoms with Gasteiger partial charge in [-0.2, -0.15) is 4.98 Å². The Bertz CT molecular complexity index is 1030. The van der Waals surface area contributed by atoms with Crippen LogP contribution in [0.15, 0.2) is 59.1 Å². The molecule has 0 spiro atoms. The molecular formula is C24H25N3O3. The Morgan fingerprint density at radius 3 is 2.80 bits per heavy atom. The first kappa shape index (κ1) is 18.9. The Kier molecular flexibility index (Phi) is 4.99. The Balaban J connectivity index is 1.31. The van der Waals surface area contributed by atoms with Crippen molar-refractivity contribution in [1.82, 2.24) is 10.1 Å². The normalized spacial score (nSPS) is 24.7. The minimum Gasteiger partial charge on any atom is -0.485 e. The van der Waals surface area contributed by atoms with Gasteiger partial charge in [0, 0.05) is 5.69 Å². The first-order chi connectivity index (χ1) is 14.7. The lowest BCUT2D eigenvalue weighted by Crippen LogP contribution is -2.33. The van der Waals surface area contributed by atoms with Gasteiger partial charge in [-0.25, -0.2) is 0 Å². The van der Waals surface area contributed by atoms with Gasteiger partial charge >= 0.3 is 0 Å². The van der Waals surface area contributed by atoms with Crippen LogP contribution in [0.4, 0.5) is 5.69 Å². The fourth-order valence-corrected chi connectivity index (χ4v) is 5.10. The molecule has 0 saturated heterocycles. The second-order valence-electron chi connectivity index (χ2n) is 8.39. The molecule has 2 saturated carbocycles. The molecule has 2 aliphatic rings. The third-order valence-corrected chi connectivity index (χ3v) is 6.38. The molecule has 30 heavy (non-hydrogen) atoms. The van der Waals surface area contributed by atoms with Gasteiger partial charge in [-0.15, -0.1) is 0 Å². The van der Waals surface area contributed by atoms with E-state index < -0.39 is 0 Å². The number of anilines is 1. The topological polar surface area (TPSA) is 77.2 Å². The van der Waals surface area contributed by atoms with Crippen LogP contribution in [0.25, 0.3) is 0 Å². The number of amides is 1. The molecule has 6 heteroatoms. The highest BCUT2D eigenvalue weighted by atomic mass is 16.5. The Morgan fingerprint density at radius 1 is 1.13 bits per heavy atom. The maximum Gasteiger partial charge on any atom is 0.230 e. The van der Waals surface area contributed by atoms with Crippen molar-refractivity contribution in [3.8, 4) is 5.75 Å². The van der Waals surface area contributed by atoms with E-state index in [4.69, 9.17) is 9.26 Å². The van der Waals surface area contributed by atoms with Gasteiger partial charge in [-0.3, -0.25) is 4.79 Å². The molecule has 1 N–H and O–H groups in total. The lowest BCUT2D eigenvalue weighted by Gasteiger charge is -2.27. The first-order valence-corrected chi connectivity index (χ1v) is 10.6. The molecule has 2 aromatic carbocycles. The minimum atomic E-state index is -0.132. The number of aromatic nitrogens is 2. The number of aryl methyl sites for hydroxylation is 1. The molecule has 3 aromatic rings. The van der Waals surface area contributed by atoms with Gasteiger partial charge in [0.15, 0.2) is 6.61 Å². The van der Waals surface area contributed by atoms with Crippen LogP contribution in [0.1, 0.15) is 42.5 Å². The Morgan fingerprint density at radius 2 is 1.97 bits per heavy atom. The van der Waals surface area contributed by atoms with Crippen LogP contribution in [0.2, 0.25) is 0 Å². The molecular weight excluding hydrogens is 378 g/mol. The number of para-hydroxylation sites is 1. The average Bonchev–Trinajstić information content (AvgIpc) is 3.49. The highest BCUT2D eigenvalue weighted by molar-refractivity contribution is 5.93. The maximum atomic E-state index is 13.2. The molecule has 0 aliphatic heterocycles. The summed E-state index contributed by atoms with van der Waals surface area (Å²) in [5, 5.41) is 7.22. The van der Waals surface area contributed by atoms with E-state index in [9.17, 15) is 4.79 Å². The predicted octanol–water partition coefficient (Wildman–Crippen LogP) is 4.73. The highest BCUT2D eigenvalue weighted by Crippen LogP contribution is 2.56. The van der Waals surface area contributed by atoms with Crippen LogP contribution >= 0.6 is 0 Å². The van der Waals surface area contributed by atoms with Gasteiger partial charge < -0.3 is 14.6 Å². The van der Waals surface area contributed by atoms with Crippen LogP contribution in [-0.2, 0) is 11.4 Å².